The fraction of sp³-hybridized carbons (Fsp3) is 0.458. The minimum Gasteiger partial charge on any atom is -0.493 e. The van der Waals surface area contributed by atoms with Gasteiger partial charge in [0, 0.05) is 18.7 Å². The molecule has 176 valence electrons. The van der Waals surface area contributed by atoms with Gasteiger partial charge < -0.3 is 29.6 Å². The van der Waals surface area contributed by atoms with Crippen LogP contribution in [0.3, 0.4) is 0 Å². The van der Waals surface area contributed by atoms with Gasteiger partial charge in [0.1, 0.15) is 5.75 Å². The van der Waals surface area contributed by atoms with Gasteiger partial charge in [-0.3, -0.25) is 0 Å². The zero-order valence-electron chi connectivity index (χ0n) is 19.3. The number of hydrogen-bond acceptors (Lipinski definition) is 5. The lowest BCUT2D eigenvalue weighted by Gasteiger charge is -2.27. The molecule has 8 heteroatoms. The third kappa shape index (κ3) is 6.82. The van der Waals surface area contributed by atoms with Crippen LogP contribution in [0.5, 0.6) is 23.0 Å². The molecule has 0 radical (unpaired) electrons. The van der Waals surface area contributed by atoms with E-state index in [2.05, 4.69) is 16.7 Å². The first-order valence-electron chi connectivity index (χ1n) is 10.7. The molecule has 0 bridgehead atoms. The third-order valence-electron chi connectivity index (χ3n) is 5.25. The first kappa shape index (κ1) is 25.9. The number of benzene rings is 2. The van der Waals surface area contributed by atoms with Crippen LogP contribution < -0.4 is 29.6 Å². The summed E-state index contributed by atoms with van der Waals surface area (Å²) in [4.78, 5) is 4.72. The topological polar surface area (TPSA) is 73.3 Å². The molecule has 0 heterocycles. The number of nitrogens with one attached hydrogen (secondary N) is 2. The molecule has 2 aromatic rings. The molecule has 0 aliphatic heterocycles. The number of ether oxygens (including phenoxy) is 4. The fourth-order valence-corrected chi connectivity index (χ4v) is 3.35. The molecule has 1 fully saturated rings. The average Bonchev–Trinajstić information content (AvgIpc) is 2.77. The van der Waals surface area contributed by atoms with Crippen LogP contribution in [0, 0.1) is 0 Å². The summed E-state index contributed by atoms with van der Waals surface area (Å²) >= 11 is 0. The quantitative estimate of drug-likeness (QED) is 0.255. The van der Waals surface area contributed by atoms with Crippen molar-refractivity contribution in [1.29, 1.82) is 0 Å². The van der Waals surface area contributed by atoms with E-state index in [0.29, 0.717) is 36.4 Å². The maximum atomic E-state index is 6.14. The minimum atomic E-state index is 0. The van der Waals surface area contributed by atoms with E-state index in [9.17, 15) is 0 Å². The van der Waals surface area contributed by atoms with Gasteiger partial charge in [-0.15, -0.1) is 24.0 Å². The number of para-hydroxylation sites is 1. The molecular weight excluding hydrogens is 521 g/mol. The Morgan fingerprint density at radius 3 is 2.22 bits per heavy atom. The lowest BCUT2D eigenvalue weighted by atomic mass is 9.96. The highest BCUT2D eigenvalue weighted by molar-refractivity contribution is 14.0. The number of aliphatic imine (C=N–C) groups is 1. The first-order valence-corrected chi connectivity index (χ1v) is 10.7. The van der Waals surface area contributed by atoms with Crippen molar-refractivity contribution >= 4 is 29.9 Å². The molecule has 0 unspecified atom stereocenters. The SMILES string of the molecule is CCNC(=NCc1cc(OC)c(OC)c(OC)c1)NCc1ccccc1OC1CCC1.I. The Hall–Kier alpha value is -2.36. The maximum absolute atomic E-state index is 6.14. The Morgan fingerprint density at radius 2 is 1.66 bits per heavy atom. The Labute approximate surface area is 207 Å². The summed E-state index contributed by atoms with van der Waals surface area (Å²) in [7, 11) is 4.82. The van der Waals surface area contributed by atoms with Gasteiger partial charge in [0.2, 0.25) is 5.75 Å². The van der Waals surface area contributed by atoms with Gasteiger partial charge in [-0.25, -0.2) is 4.99 Å². The molecule has 0 saturated heterocycles. The van der Waals surface area contributed by atoms with Gasteiger partial charge in [-0.2, -0.15) is 0 Å². The van der Waals surface area contributed by atoms with Crippen molar-refractivity contribution in [3.8, 4) is 23.0 Å². The fourth-order valence-electron chi connectivity index (χ4n) is 3.35. The Kier molecular flexibility index (Phi) is 10.7. The number of guanidine groups is 1. The molecule has 3 rings (SSSR count). The summed E-state index contributed by atoms with van der Waals surface area (Å²) in [5.74, 6) is 3.49. The summed E-state index contributed by atoms with van der Waals surface area (Å²) < 4.78 is 22.4. The van der Waals surface area contributed by atoms with E-state index in [1.807, 2.05) is 37.3 Å². The van der Waals surface area contributed by atoms with Crippen LogP contribution in [0.2, 0.25) is 0 Å². The van der Waals surface area contributed by atoms with Gasteiger partial charge in [0.15, 0.2) is 17.5 Å². The van der Waals surface area contributed by atoms with Crippen molar-refractivity contribution in [3.63, 3.8) is 0 Å². The van der Waals surface area contributed by atoms with E-state index in [1.165, 1.54) is 6.42 Å². The number of hydrogen-bond donors (Lipinski definition) is 2. The third-order valence-corrected chi connectivity index (χ3v) is 5.25. The summed E-state index contributed by atoms with van der Waals surface area (Å²) in [5, 5.41) is 6.70. The van der Waals surface area contributed by atoms with E-state index in [-0.39, 0.29) is 24.0 Å². The van der Waals surface area contributed by atoms with E-state index in [1.54, 1.807) is 21.3 Å². The molecule has 1 aliphatic carbocycles. The number of halogens is 1. The molecule has 1 saturated carbocycles. The zero-order valence-corrected chi connectivity index (χ0v) is 21.6. The molecule has 0 amide bonds. The van der Waals surface area contributed by atoms with Gasteiger partial charge in [-0.05, 0) is 49.9 Å². The molecular formula is C24H34IN3O4. The van der Waals surface area contributed by atoms with Crippen molar-refractivity contribution in [2.45, 2.75) is 45.4 Å². The van der Waals surface area contributed by atoms with Gasteiger partial charge >= 0.3 is 0 Å². The predicted molar refractivity (Wildman–Crippen MR) is 138 cm³/mol. The monoisotopic (exact) mass is 555 g/mol. The molecule has 2 aromatic carbocycles. The number of nitrogens with zero attached hydrogens (tertiary/aromatic N) is 1. The Bertz CT molecular complexity index is 862. The van der Waals surface area contributed by atoms with Crippen molar-refractivity contribution in [1.82, 2.24) is 10.6 Å². The highest BCUT2D eigenvalue weighted by atomic mass is 127. The summed E-state index contributed by atoms with van der Waals surface area (Å²) in [5.41, 5.74) is 2.08. The van der Waals surface area contributed by atoms with Crippen LogP contribution in [-0.4, -0.2) is 39.9 Å². The molecule has 2 N–H and O–H groups in total. The van der Waals surface area contributed by atoms with Crippen LogP contribution >= 0.6 is 24.0 Å². The standard InChI is InChI=1S/C24H33N3O4.HI/c1-5-25-24(26-15-17-13-21(28-2)23(30-4)22(14-17)29-3)27-16-18-9-6-7-12-20(18)31-19-10-8-11-19;/h6-7,9,12-14,19H,5,8,10-11,15-16H2,1-4H3,(H2,25,26,27);1H. The van der Waals surface area contributed by atoms with Crippen LogP contribution in [0.25, 0.3) is 0 Å². The van der Waals surface area contributed by atoms with E-state index >= 15 is 0 Å². The lowest BCUT2D eigenvalue weighted by molar-refractivity contribution is 0.119. The van der Waals surface area contributed by atoms with E-state index in [0.717, 1.165) is 42.2 Å². The Morgan fingerprint density at radius 1 is 0.969 bits per heavy atom. The number of methoxy groups -OCH3 is 3. The highest BCUT2D eigenvalue weighted by Crippen LogP contribution is 2.38. The summed E-state index contributed by atoms with van der Waals surface area (Å²) in [6, 6.07) is 12.0. The second-order valence-corrected chi connectivity index (χ2v) is 7.36. The highest BCUT2D eigenvalue weighted by Gasteiger charge is 2.20. The van der Waals surface area contributed by atoms with Crippen molar-refractivity contribution in [2.75, 3.05) is 27.9 Å². The van der Waals surface area contributed by atoms with Crippen LogP contribution in [-0.2, 0) is 13.1 Å². The molecule has 0 aromatic heterocycles. The number of rotatable bonds is 10. The van der Waals surface area contributed by atoms with Crippen molar-refractivity contribution < 1.29 is 18.9 Å². The normalized spacial score (nSPS) is 13.4. The largest absolute Gasteiger partial charge is 0.493 e. The van der Waals surface area contributed by atoms with E-state index < -0.39 is 0 Å². The van der Waals surface area contributed by atoms with E-state index in [4.69, 9.17) is 23.9 Å². The lowest BCUT2D eigenvalue weighted by Crippen LogP contribution is -2.37. The smallest absolute Gasteiger partial charge is 0.203 e. The molecule has 7 nitrogen and oxygen atoms in total. The molecule has 0 atom stereocenters. The van der Waals surface area contributed by atoms with Gasteiger partial charge in [-0.1, -0.05) is 18.2 Å². The predicted octanol–water partition coefficient (Wildman–Crippen LogP) is 4.52. The van der Waals surface area contributed by atoms with Crippen LogP contribution in [0.1, 0.15) is 37.3 Å². The molecule has 32 heavy (non-hydrogen) atoms. The van der Waals surface area contributed by atoms with Gasteiger partial charge in [0.05, 0.1) is 34.0 Å². The van der Waals surface area contributed by atoms with Crippen LogP contribution in [0.4, 0.5) is 0 Å². The summed E-state index contributed by atoms with van der Waals surface area (Å²) in [6.45, 7) is 3.90. The second-order valence-electron chi connectivity index (χ2n) is 7.36. The second kappa shape index (κ2) is 13.2. The van der Waals surface area contributed by atoms with Crippen LogP contribution in [0.15, 0.2) is 41.4 Å². The average molecular weight is 555 g/mol. The van der Waals surface area contributed by atoms with Gasteiger partial charge in [0.25, 0.3) is 0 Å². The summed E-state index contributed by atoms with van der Waals surface area (Å²) in [6.07, 6.45) is 3.88. The molecule has 1 aliphatic rings. The minimum absolute atomic E-state index is 0. The Balaban J connectivity index is 0.00000363. The van der Waals surface area contributed by atoms with Crippen molar-refractivity contribution in [2.24, 2.45) is 4.99 Å². The van der Waals surface area contributed by atoms with Crippen molar-refractivity contribution in [3.05, 3.63) is 47.5 Å². The maximum Gasteiger partial charge on any atom is 0.203 e. The first-order chi connectivity index (χ1) is 15.2. The molecule has 0 spiro atoms. The zero-order chi connectivity index (χ0) is 22.1.